The highest BCUT2D eigenvalue weighted by atomic mass is 19.1. The molecular formula is C27H27F2N5O. The monoisotopic (exact) mass is 475 g/mol. The SMILES string of the molecule is Cc1ccc(F)c([C@H]2C[C@H](F)CN2c2ccc3nccc(-c4cnn(C5CCOCC5)c4)c3n2)c1. The standard InChI is InChI=1S/C27H27F2N5O/c1-17-2-3-23(29)22(12-17)25-13-19(28)16-33(25)26-5-4-24-27(32-26)21(6-9-30-24)18-14-31-34(15-18)20-7-10-35-11-8-20/h2-6,9,12,14-15,19-20,25H,7-8,10-11,13,16H2,1H3/t19-,25+/m0/s1. The molecule has 35 heavy (non-hydrogen) atoms. The van der Waals surface area contributed by atoms with E-state index in [9.17, 15) is 8.78 Å². The quantitative estimate of drug-likeness (QED) is 0.386. The van der Waals surface area contributed by atoms with E-state index in [0.29, 0.717) is 17.4 Å². The van der Waals surface area contributed by atoms with Crippen LogP contribution >= 0.6 is 0 Å². The number of halogens is 2. The molecule has 3 aromatic heterocycles. The molecule has 2 aliphatic heterocycles. The molecule has 180 valence electrons. The van der Waals surface area contributed by atoms with E-state index in [1.165, 1.54) is 6.07 Å². The van der Waals surface area contributed by atoms with Gasteiger partial charge in [-0.3, -0.25) is 9.67 Å². The number of aryl methyl sites for hydroxylation is 1. The second-order valence-corrected chi connectivity index (χ2v) is 9.47. The molecule has 0 amide bonds. The highest BCUT2D eigenvalue weighted by Gasteiger charge is 2.35. The van der Waals surface area contributed by atoms with Crippen molar-refractivity contribution in [3.05, 3.63) is 71.9 Å². The van der Waals surface area contributed by atoms with E-state index in [1.54, 1.807) is 12.3 Å². The Morgan fingerprint density at radius 2 is 1.94 bits per heavy atom. The first-order valence-corrected chi connectivity index (χ1v) is 12.1. The fraction of sp³-hybridized carbons (Fsp3) is 0.370. The van der Waals surface area contributed by atoms with Crippen LogP contribution in [-0.2, 0) is 4.74 Å². The number of ether oxygens (including phenoxy) is 1. The first-order chi connectivity index (χ1) is 17.1. The van der Waals surface area contributed by atoms with Crippen LogP contribution in [0.25, 0.3) is 22.2 Å². The van der Waals surface area contributed by atoms with Gasteiger partial charge in [-0.05, 0) is 44.0 Å². The molecule has 5 heterocycles. The van der Waals surface area contributed by atoms with Crippen LogP contribution in [0.2, 0.25) is 0 Å². The van der Waals surface area contributed by atoms with Crippen LogP contribution in [0.3, 0.4) is 0 Å². The lowest BCUT2D eigenvalue weighted by Gasteiger charge is -2.26. The molecule has 0 N–H and O–H groups in total. The summed E-state index contributed by atoms with van der Waals surface area (Å²) >= 11 is 0. The van der Waals surface area contributed by atoms with Gasteiger partial charge in [0.05, 0.1) is 35.9 Å². The van der Waals surface area contributed by atoms with Crippen LogP contribution in [-0.4, -0.2) is 45.7 Å². The minimum Gasteiger partial charge on any atom is -0.381 e. The smallest absolute Gasteiger partial charge is 0.130 e. The molecule has 8 heteroatoms. The molecule has 0 aliphatic carbocycles. The van der Waals surface area contributed by atoms with Crippen LogP contribution in [0.15, 0.2) is 55.0 Å². The van der Waals surface area contributed by atoms with Gasteiger partial charge in [0.15, 0.2) is 0 Å². The summed E-state index contributed by atoms with van der Waals surface area (Å²) in [6.45, 7) is 3.59. The zero-order chi connectivity index (χ0) is 23.9. The van der Waals surface area contributed by atoms with Crippen LogP contribution in [0.5, 0.6) is 0 Å². The molecular weight excluding hydrogens is 448 g/mol. The van der Waals surface area contributed by atoms with E-state index in [0.717, 1.165) is 53.8 Å². The molecule has 0 spiro atoms. The molecule has 1 aromatic carbocycles. The Hall–Kier alpha value is -3.39. The number of pyridine rings is 2. The van der Waals surface area contributed by atoms with Crippen LogP contribution in [0.4, 0.5) is 14.6 Å². The van der Waals surface area contributed by atoms with Gasteiger partial charge in [-0.1, -0.05) is 17.7 Å². The number of fused-ring (bicyclic) bond motifs is 1. The van der Waals surface area contributed by atoms with Crippen molar-refractivity contribution >= 4 is 16.9 Å². The van der Waals surface area contributed by atoms with E-state index in [4.69, 9.17) is 9.72 Å². The van der Waals surface area contributed by atoms with Gasteiger partial charge in [-0.2, -0.15) is 5.10 Å². The maximum Gasteiger partial charge on any atom is 0.130 e. The number of hydrogen-bond acceptors (Lipinski definition) is 5. The predicted molar refractivity (Wildman–Crippen MR) is 131 cm³/mol. The number of hydrogen-bond donors (Lipinski definition) is 0. The van der Waals surface area contributed by atoms with E-state index in [-0.39, 0.29) is 18.8 Å². The summed E-state index contributed by atoms with van der Waals surface area (Å²) in [4.78, 5) is 11.3. The Morgan fingerprint density at radius 1 is 1.09 bits per heavy atom. The van der Waals surface area contributed by atoms with Gasteiger partial charge in [0.1, 0.15) is 17.8 Å². The first-order valence-electron chi connectivity index (χ1n) is 12.1. The molecule has 0 radical (unpaired) electrons. The number of alkyl halides is 1. The lowest BCUT2D eigenvalue weighted by Crippen LogP contribution is -2.25. The molecule has 4 aromatic rings. The Kier molecular flexibility index (Phi) is 5.68. The third-order valence-electron chi connectivity index (χ3n) is 7.10. The molecule has 6 nitrogen and oxygen atoms in total. The fourth-order valence-electron chi connectivity index (χ4n) is 5.29. The van der Waals surface area contributed by atoms with Gasteiger partial charge in [-0.15, -0.1) is 0 Å². The van der Waals surface area contributed by atoms with Crippen LogP contribution < -0.4 is 4.90 Å². The lowest BCUT2D eigenvalue weighted by molar-refractivity contribution is 0.0662. The first kappa shape index (κ1) is 22.1. The summed E-state index contributed by atoms with van der Waals surface area (Å²) in [5.41, 5.74) is 4.81. The van der Waals surface area contributed by atoms with Gasteiger partial charge in [0.2, 0.25) is 0 Å². The maximum absolute atomic E-state index is 14.7. The molecule has 2 aliphatic rings. The highest BCUT2D eigenvalue weighted by molar-refractivity contribution is 5.91. The largest absolute Gasteiger partial charge is 0.381 e. The van der Waals surface area contributed by atoms with Crippen molar-refractivity contribution in [2.24, 2.45) is 0 Å². The molecule has 0 saturated carbocycles. The fourth-order valence-corrected chi connectivity index (χ4v) is 5.29. The summed E-state index contributed by atoms with van der Waals surface area (Å²) in [5.74, 6) is 0.304. The van der Waals surface area contributed by atoms with E-state index < -0.39 is 12.2 Å². The Balaban J connectivity index is 1.39. The zero-order valence-corrected chi connectivity index (χ0v) is 19.6. The number of nitrogens with zero attached hydrogens (tertiary/aromatic N) is 5. The summed E-state index contributed by atoms with van der Waals surface area (Å²) in [6.07, 6.45) is 6.74. The molecule has 2 saturated heterocycles. The number of rotatable bonds is 4. The lowest BCUT2D eigenvalue weighted by atomic mass is 10.0. The van der Waals surface area contributed by atoms with Crippen molar-refractivity contribution in [1.82, 2.24) is 19.7 Å². The summed E-state index contributed by atoms with van der Waals surface area (Å²) in [6, 6.07) is 10.6. The minimum absolute atomic E-state index is 0.174. The van der Waals surface area contributed by atoms with Gasteiger partial charge in [-0.25, -0.2) is 13.8 Å². The van der Waals surface area contributed by atoms with Crippen molar-refractivity contribution in [1.29, 1.82) is 0 Å². The normalized spacial score (nSPS) is 21.2. The van der Waals surface area contributed by atoms with Gasteiger partial charge in [0, 0.05) is 48.7 Å². The third-order valence-corrected chi connectivity index (χ3v) is 7.10. The van der Waals surface area contributed by atoms with Crippen LogP contribution in [0, 0.1) is 12.7 Å². The molecule has 6 rings (SSSR count). The third kappa shape index (κ3) is 4.16. The average Bonchev–Trinajstić information content (AvgIpc) is 3.52. The Morgan fingerprint density at radius 3 is 2.80 bits per heavy atom. The molecule has 0 unspecified atom stereocenters. The summed E-state index contributed by atoms with van der Waals surface area (Å²) in [7, 11) is 0. The van der Waals surface area contributed by atoms with Gasteiger partial charge in [0.25, 0.3) is 0 Å². The molecule has 2 atom stereocenters. The summed E-state index contributed by atoms with van der Waals surface area (Å²) in [5, 5.41) is 4.61. The maximum atomic E-state index is 14.7. The second-order valence-electron chi connectivity index (χ2n) is 9.47. The Bertz CT molecular complexity index is 1370. The minimum atomic E-state index is -1.05. The second kappa shape index (κ2) is 9.00. The van der Waals surface area contributed by atoms with Crippen LogP contribution in [0.1, 0.15) is 42.5 Å². The van der Waals surface area contributed by atoms with Crippen molar-refractivity contribution in [3.8, 4) is 11.1 Å². The average molecular weight is 476 g/mol. The molecule has 0 bridgehead atoms. The van der Waals surface area contributed by atoms with E-state index in [1.807, 2.05) is 47.0 Å². The number of anilines is 1. The zero-order valence-electron chi connectivity index (χ0n) is 19.6. The predicted octanol–water partition coefficient (Wildman–Crippen LogP) is 5.58. The van der Waals surface area contributed by atoms with E-state index >= 15 is 0 Å². The Labute approximate surface area is 202 Å². The highest BCUT2D eigenvalue weighted by Crippen LogP contribution is 2.39. The number of benzene rings is 1. The van der Waals surface area contributed by atoms with Crippen molar-refractivity contribution in [3.63, 3.8) is 0 Å². The van der Waals surface area contributed by atoms with Gasteiger partial charge < -0.3 is 9.64 Å². The van der Waals surface area contributed by atoms with E-state index in [2.05, 4.69) is 16.3 Å². The van der Waals surface area contributed by atoms with Crippen molar-refractivity contribution in [2.75, 3.05) is 24.7 Å². The molecule has 2 fully saturated rings. The van der Waals surface area contributed by atoms with Crippen molar-refractivity contribution in [2.45, 2.75) is 44.4 Å². The van der Waals surface area contributed by atoms with Crippen molar-refractivity contribution < 1.29 is 13.5 Å². The van der Waals surface area contributed by atoms with Gasteiger partial charge >= 0.3 is 0 Å². The summed E-state index contributed by atoms with van der Waals surface area (Å²) < 4.78 is 36.9. The topological polar surface area (TPSA) is 56.1 Å². The number of aromatic nitrogens is 4.